The van der Waals surface area contributed by atoms with Crippen molar-refractivity contribution in [2.75, 3.05) is 0 Å². The molecule has 1 fully saturated rings. The third-order valence-electron chi connectivity index (χ3n) is 1.32. The molecule has 0 aromatic heterocycles. The van der Waals surface area contributed by atoms with E-state index in [4.69, 9.17) is 0 Å². The van der Waals surface area contributed by atoms with E-state index in [0.29, 0.717) is 0 Å². The van der Waals surface area contributed by atoms with Crippen LogP contribution in [0.4, 0.5) is 13.2 Å². The first kappa shape index (κ1) is 7.37. The normalized spacial score (nSPS) is 37.8. The summed E-state index contributed by atoms with van der Waals surface area (Å²) in [5, 5.41) is 0. The summed E-state index contributed by atoms with van der Waals surface area (Å²) < 4.78 is 40.4. The molecule has 10 heavy (non-hydrogen) atoms. The molecule has 2 nitrogen and oxygen atoms in total. The first-order valence-electron chi connectivity index (χ1n) is 2.69. The second-order valence-electron chi connectivity index (χ2n) is 2.14. The summed E-state index contributed by atoms with van der Waals surface area (Å²) in [4.78, 5) is 10.1. The van der Waals surface area contributed by atoms with Crippen molar-refractivity contribution in [3.05, 3.63) is 0 Å². The molecule has 1 aliphatic rings. The van der Waals surface area contributed by atoms with Crippen LogP contribution >= 0.6 is 0 Å². The van der Waals surface area contributed by atoms with Gasteiger partial charge in [-0.1, -0.05) is 0 Å². The molecule has 0 aromatic carbocycles. The maximum atomic E-state index is 12.2. The van der Waals surface area contributed by atoms with Crippen molar-refractivity contribution in [2.45, 2.75) is 25.1 Å². The fourth-order valence-electron chi connectivity index (χ4n) is 0.715. The molecule has 0 bridgehead atoms. The van der Waals surface area contributed by atoms with Gasteiger partial charge in [-0.15, -0.1) is 0 Å². The first-order chi connectivity index (χ1) is 4.46. The zero-order valence-corrected chi connectivity index (χ0v) is 5.11. The molecule has 0 N–H and O–H groups in total. The van der Waals surface area contributed by atoms with Gasteiger partial charge in [0.15, 0.2) is 0 Å². The van der Waals surface area contributed by atoms with Crippen molar-refractivity contribution in [3.8, 4) is 0 Å². The molecule has 58 valence electrons. The Morgan fingerprint density at radius 1 is 1.60 bits per heavy atom. The van der Waals surface area contributed by atoms with Crippen LogP contribution < -0.4 is 0 Å². The summed E-state index contributed by atoms with van der Waals surface area (Å²) in [5.41, 5.74) is 0. The second kappa shape index (κ2) is 1.87. The molecule has 1 aliphatic heterocycles. The topological polar surface area (TPSA) is 26.3 Å². The quantitative estimate of drug-likeness (QED) is 0.484. The van der Waals surface area contributed by atoms with E-state index in [1.54, 1.807) is 0 Å². The van der Waals surface area contributed by atoms with Crippen LogP contribution in [0.2, 0.25) is 0 Å². The van der Waals surface area contributed by atoms with E-state index in [-0.39, 0.29) is 0 Å². The molecule has 2 atom stereocenters. The summed E-state index contributed by atoms with van der Waals surface area (Å²) in [5.74, 6) is -5.72. The number of cyclic esters (lactones) is 1. The van der Waals surface area contributed by atoms with Crippen molar-refractivity contribution in [1.29, 1.82) is 0 Å². The lowest BCUT2D eigenvalue weighted by atomic mass is 10.2. The number of hydrogen-bond donors (Lipinski definition) is 0. The van der Waals surface area contributed by atoms with Crippen LogP contribution in [0, 0.1) is 0 Å². The highest BCUT2D eigenvalue weighted by molar-refractivity contribution is 5.80. The van der Waals surface area contributed by atoms with Gasteiger partial charge < -0.3 is 4.74 Å². The zero-order valence-electron chi connectivity index (χ0n) is 5.11. The molecule has 0 radical (unpaired) electrons. The van der Waals surface area contributed by atoms with E-state index < -0.39 is 24.2 Å². The van der Waals surface area contributed by atoms with Crippen LogP contribution in [0.5, 0.6) is 0 Å². The van der Waals surface area contributed by atoms with Gasteiger partial charge in [-0.05, 0) is 6.92 Å². The Labute approximate surface area is 55.0 Å². The third kappa shape index (κ3) is 0.767. The SMILES string of the molecule is CC1OC(=O)C(F)(F)C1F. The standard InChI is InChI=1S/C5H5F3O2/c1-2-3(6)5(7,8)4(9)10-2/h2-3H,1H3. The number of rotatable bonds is 0. The smallest absolute Gasteiger partial charge is 0.380 e. The number of ether oxygens (including phenoxy) is 1. The highest BCUT2D eigenvalue weighted by atomic mass is 19.3. The predicted molar refractivity (Wildman–Crippen MR) is 25.4 cm³/mol. The highest BCUT2D eigenvalue weighted by Gasteiger charge is 2.59. The summed E-state index contributed by atoms with van der Waals surface area (Å²) >= 11 is 0. The zero-order chi connectivity index (χ0) is 7.94. The summed E-state index contributed by atoms with van der Waals surface area (Å²) in [6, 6.07) is 0. The molecule has 1 heterocycles. The molecule has 0 aromatic rings. The van der Waals surface area contributed by atoms with Gasteiger partial charge in [-0.3, -0.25) is 0 Å². The average molecular weight is 154 g/mol. The van der Waals surface area contributed by atoms with E-state index in [1.165, 1.54) is 0 Å². The number of alkyl halides is 3. The van der Waals surface area contributed by atoms with Crippen LogP contribution in [0.25, 0.3) is 0 Å². The van der Waals surface area contributed by atoms with Gasteiger partial charge >= 0.3 is 11.9 Å². The van der Waals surface area contributed by atoms with E-state index in [2.05, 4.69) is 4.74 Å². The highest BCUT2D eigenvalue weighted by Crippen LogP contribution is 2.33. The summed E-state index contributed by atoms with van der Waals surface area (Å²) in [7, 11) is 0. The Morgan fingerprint density at radius 2 is 2.10 bits per heavy atom. The Bertz CT molecular complexity index is 168. The van der Waals surface area contributed by atoms with Gasteiger partial charge in [-0.2, -0.15) is 8.78 Å². The molecule has 1 rings (SSSR count). The minimum atomic E-state index is -3.95. The molecule has 0 saturated carbocycles. The van der Waals surface area contributed by atoms with E-state index in [9.17, 15) is 18.0 Å². The third-order valence-corrected chi connectivity index (χ3v) is 1.32. The van der Waals surface area contributed by atoms with Crippen molar-refractivity contribution in [1.82, 2.24) is 0 Å². The monoisotopic (exact) mass is 154 g/mol. The average Bonchev–Trinajstić information content (AvgIpc) is 1.97. The van der Waals surface area contributed by atoms with Crippen LogP contribution in [-0.4, -0.2) is 24.2 Å². The van der Waals surface area contributed by atoms with Crippen LogP contribution in [0.3, 0.4) is 0 Å². The van der Waals surface area contributed by atoms with Gasteiger partial charge in [-0.25, -0.2) is 9.18 Å². The molecule has 1 saturated heterocycles. The Hall–Kier alpha value is -0.740. The van der Waals surface area contributed by atoms with Gasteiger partial charge in [0.2, 0.25) is 6.17 Å². The van der Waals surface area contributed by atoms with Crippen molar-refractivity contribution in [3.63, 3.8) is 0 Å². The number of hydrogen-bond acceptors (Lipinski definition) is 2. The van der Waals surface area contributed by atoms with E-state index >= 15 is 0 Å². The minimum Gasteiger partial charge on any atom is -0.455 e. The first-order valence-corrected chi connectivity index (χ1v) is 2.69. The molecular formula is C5H5F3O2. The molecular weight excluding hydrogens is 149 g/mol. The maximum absolute atomic E-state index is 12.2. The fourth-order valence-corrected chi connectivity index (χ4v) is 0.715. The lowest BCUT2D eigenvalue weighted by Crippen LogP contribution is -2.33. The molecule has 0 spiro atoms. The van der Waals surface area contributed by atoms with Gasteiger partial charge in [0.25, 0.3) is 0 Å². The molecule has 2 unspecified atom stereocenters. The lowest BCUT2D eigenvalue weighted by molar-refractivity contribution is -0.160. The van der Waals surface area contributed by atoms with E-state index in [1.807, 2.05) is 0 Å². The maximum Gasteiger partial charge on any atom is 0.380 e. The Balaban J connectivity index is 2.85. The number of halogens is 3. The predicted octanol–water partition coefficient (Wildman–Crippen LogP) is 0.905. The van der Waals surface area contributed by atoms with Gasteiger partial charge in [0, 0.05) is 0 Å². The van der Waals surface area contributed by atoms with Crippen LogP contribution in [0.15, 0.2) is 0 Å². The largest absolute Gasteiger partial charge is 0.455 e. The molecule has 5 heteroatoms. The number of carbonyl (C=O) groups excluding carboxylic acids is 1. The number of carbonyl (C=O) groups is 1. The second-order valence-corrected chi connectivity index (χ2v) is 2.14. The number of esters is 1. The van der Waals surface area contributed by atoms with Crippen molar-refractivity contribution in [2.24, 2.45) is 0 Å². The summed E-state index contributed by atoms with van der Waals surface area (Å²) in [6.45, 7) is 1.09. The van der Waals surface area contributed by atoms with Crippen LogP contribution in [0.1, 0.15) is 6.92 Å². The summed E-state index contributed by atoms with van der Waals surface area (Å²) in [6.07, 6.45) is -3.83. The van der Waals surface area contributed by atoms with E-state index in [0.717, 1.165) is 6.92 Å². The molecule has 0 amide bonds. The van der Waals surface area contributed by atoms with Crippen molar-refractivity contribution < 1.29 is 22.7 Å². The fraction of sp³-hybridized carbons (Fsp3) is 0.800. The Kier molecular flexibility index (Phi) is 1.38. The van der Waals surface area contributed by atoms with Gasteiger partial charge in [0.05, 0.1) is 0 Å². The van der Waals surface area contributed by atoms with Crippen LogP contribution in [-0.2, 0) is 9.53 Å². The minimum absolute atomic E-state index is 1.09. The lowest BCUT2D eigenvalue weighted by Gasteiger charge is -2.06. The van der Waals surface area contributed by atoms with Gasteiger partial charge in [0.1, 0.15) is 6.10 Å². The molecule has 0 aliphatic carbocycles. The Morgan fingerprint density at radius 3 is 2.20 bits per heavy atom. The van der Waals surface area contributed by atoms with Crippen molar-refractivity contribution >= 4 is 5.97 Å².